The van der Waals surface area contributed by atoms with E-state index in [-0.39, 0.29) is 8.81 Å². The highest BCUT2D eigenvalue weighted by atomic mass is 31.1. The molecule has 1 unspecified atom stereocenters. The second-order valence-corrected chi connectivity index (χ2v) is 3.92. The molecule has 0 bridgehead atoms. The van der Waals surface area contributed by atoms with Crippen LogP contribution in [-0.2, 0) is 4.74 Å². The van der Waals surface area contributed by atoms with E-state index in [1.165, 1.54) is 0 Å². The van der Waals surface area contributed by atoms with Gasteiger partial charge in [-0.3, -0.25) is 0 Å². The lowest BCUT2D eigenvalue weighted by atomic mass is 10.4. The van der Waals surface area contributed by atoms with Gasteiger partial charge in [0.2, 0.25) is 0 Å². The molecule has 0 amide bonds. The number of pyridine rings is 1. The van der Waals surface area contributed by atoms with E-state index in [1.807, 2.05) is 12.1 Å². The van der Waals surface area contributed by atoms with Crippen LogP contribution in [0.15, 0.2) is 18.3 Å². The molecule has 4 nitrogen and oxygen atoms in total. The Morgan fingerprint density at radius 1 is 1.36 bits per heavy atom. The summed E-state index contributed by atoms with van der Waals surface area (Å²) in [6, 6.07) is 3.86. The monoisotopic (exact) mass is 212 g/mol. The fourth-order valence-electron chi connectivity index (χ4n) is 1.43. The molecule has 1 atom stereocenters. The second-order valence-electron chi connectivity index (χ2n) is 3.12. The summed E-state index contributed by atoms with van der Waals surface area (Å²) in [7, 11) is -0.170. The highest BCUT2D eigenvalue weighted by molar-refractivity contribution is 7.40. The van der Waals surface area contributed by atoms with Gasteiger partial charge in [-0.2, -0.15) is 0 Å². The molecule has 1 aromatic rings. The van der Waals surface area contributed by atoms with Crippen molar-refractivity contribution < 1.29 is 9.63 Å². The van der Waals surface area contributed by atoms with E-state index in [0.29, 0.717) is 0 Å². The van der Waals surface area contributed by atoms with Crippen molar-refractivity contribution in [3.05, 3.63) is 18.3 Å². The van der Waals surface area contributed by atoms with Crippen LogP contribution < -0.4 is 10.2 Å². The van der Waals surface area contributed by atoms with E-state index in [1.54, 1.807) is 6.20 Å². The Labute approximate surface area is 84.8 Å². The number of rotatable bonds is 2. The largest absolute Gasteiger partial charge is 0.378 e. The maximum Gasteiger partial charge on any atom is 0.128 e. The van der Waals surface area contributed by atoms with Gasteiger partial charge in [0.15, 0.2) is 0 Å². The summed E-state index contributed by atoms with van der Waals surface area (Å²) in [4.78, 5) is 15.4. The Morgan fingerprint density at radius 3 is 2.71 bits per heavy atom. The third kappa shape index (κ3) is 2.21. The first-order valence-electron chi connectivity index (χ1n) is 4.59. The molecule has 1 saturated heterocycles. The quantitative estimate of drug-likeness (QED) is 0.708. The molecule has 1 fully saturated rings. The van der Waals surface area contributed by atoms with E-state index >= 15 is 0 Å². The number of hydrogen-bond acceptors (Lipinski definition) is 4. The summed E-state index contributed by atoms with van der Waals surface area (Å²) < 4.78 is 5.26. The lowest BCUT2D eigenvalue weighted by molar-refractivity contribution is 0.122. The maximum absolute atomic E-state index is 8.89. The first-order valence-corrected chi connectivity index (χ1v) is 5.54. The normalized spacial score (nSPS) is 17.9. The average molecular weight is 212 g/mol. The summed E-state index contributed by atoms with van der Waals surface area (Å²) in [5.74, 6) is 0.968. The van der Waals surface area contributed by atoms with Crippen molar-refractivity contribution in [1.29, 1.82) is 0 Å². The second kappa shape index (κ2) is 4.69. The van der Waals surface area contributed by atoms with Gasteiger partial charge in [-0.15, -0.1) is 0 Å². The van der Waals surface area contributed by atoms with Crippen LogP contribution in [0.2, 0.25) is 0 Å². The molecule has 2 rings (SSSR count). The fraction of sp³-hybridized carbons (Fsp3) is 0.444. The smallest absolute Gasteiger partial charge is 0.128 e. The van der Waals surface area contributed by atoms with Crippen molar-refractivity contribution in [2.45, 2.75) is 0 Å². The highest BCUT2D eigenvalue weighted by Gasteiger charge is 2.11. The van der Waals surface area contributed by atoms with Gasteiger partial charge < -0.3 is 14.5 Å². The van der Waals surface area contributed by atoms with Gasteiger partial charge in [0.05, 0.1) is 13.2 Å². The maximum atomic E-state index is 8.89. The van der Waals surface area contributed by atoms with Crippen molar-refractivity contribution in [2.75, 3.05) is 31.2 Å². The molecule has 1 aromatic heterocycles. The Balaban J connectivity index is 2.07. The molecule has 0 radical (unpaired) electrons. The van der Waals surface area contributed by atoms with Crippen molar-refractivity contribution in [3.63, 3.8) is 0 Å². The average Bonchev–Trinajstić information content (AvgIpc) is 2.30. The molecule has 0 aliphatic carbocycles. The molecular weight excluding hydrogens is 199 g/mol. The zero-order valence-corrected chi connectivity index (χ0v) is 8.81. The van der Waals surface area contributed by atoms with Crippen LogP contribution >= 0.6 is 8.81 Å². The molecule has 0 spiro atoms. The predicted octanol–water partition coefficient (Wildman–Crippen LogP) is 0.129. The van der Waals surface area contributed by atoms with Gasteiger partial charge in [-0.25, -0.2) is 4.98 Å². The lowest BCUT2D eigenvalue weighted by Gasteiger charge is -2.27. The van der Waals surface area contributed by atoms with Gasteiger partial charge >= 0.3 is 0 Å². The number of anilines is 1. The third-order valence-corrected chi connectivity index (χ3v) is 2.77. The van der Waals surface area contributed by atoms with E-state index in [0.717, 1.165) is 37.4 Å². The third-order valence-electron chi connectivity index (χ3n) is 2.21. The van der Waals surface area contributed by atoms with E-state index < -0.39 is 0 Å². The van der Waals surface area contributed by atoms with E-state index in [9.17, 15) is 0 Å². The van der Waals surface area contributed by atoms with Gasteiger partial charge in [-0.05, 0) is 12.1 Å². The Kier molecular flexibility index (Phi) is 3.30. The Hall–Kier alpha value is -0.700. The predicted molar refractivity (Wildman–Crippen MR) is 57.4 cm³/mol. The summed E-state index contributed by atoms with van der Waals surface area (Å²) in [6.45, 7) is 3.33. The fourth-order valence-corrected chi connectivity index (χ4v) is 1.71. The van der Waals surface area contributed by atoms with Gasteiger partial charge in [-0.1, -0.05) is 0 Å². The topological polar surface area (TPSA) is 45.6 Å². The number of aromatic nitrogens is 1. The zero-order chi connectivity index (χ0) is 9.80. The first kappa shape index (κ1) is 9.84. The minimum absolute atomic E-state index is 0.170. The van der Waals surface area contributed by atoms with Crippen molar-refractivity contribution in [1.82, 2.24) is 4.98 Å². The molecule has 76 valence electrons. The number of nitrogens with zero attached hydrogens (tertiary/aromatic N) is 2. The van der Waals surface area contributed by atoms with Crippen LogP contribution in [0.25, 0.3) is 0 Å². The van der Waals surface area contributed by atoms with Crippen LogP contribution in [-0.4, -0.2) is 36.2 Å². The molecule has 2 heterocycles. The van der Waals surface area contributed by atoms with E-state index in [4.69, 9.17) is 9.63 Å². The van der Waals surface area contributed by atoms with Gasteiger partial charge in [0.1, 0.15) is 5.82 Å². The molecule has 0 saturated carbocycles. The van der Waals surface area contributed by atoms with Crippen LogP contribution in [0.1, 0.15) is 0 Å². The van der Waals surface area contributed by atoms with Gasteiger partial charge in [0, 0.05) is 33.4 Å². The zero-order valence-electron chi connectivity index (χ0n) is 7.81. The van der Waals surface area contributed by atoms with Crippen molar-refractivity contribution in [3.8, 4) is 0 Å². The first-order chi connectivity index (χ1) is 6.90. The van der Waals surface area contributed by atoms with Crippen LogP contribution in [0.3, 0.4) is 0 Å². The number of morpholine rings is 1. The van der Waals surface area contributed by atoms with Crippen LogP contribution in [0.4, 0.5) is 5.82 Å². The van der Waals surface area contributed by atoms with Crippen molar-refractivity contribution >= 4 is 19.9 Å². The molecule has 1 N–H and O–H groups in total. The summed E-state index contributed by atoms with van der Waals surface area (Å²) in [5, 5.41) is 0.877. The molecule has 1 aliphatic heterocycles. The molecule has 0 aromatic carbocycles. The minimum atomic E-state index is -0.170. The van der Waals surface area contributed by atoms with Crippen molar-refractivity contribution in [2.24, 2.45) is 0 Å². The highest BCUT2D eigenvalue weighted by Crippen LogP contribution is 2.12. The molecular formula is C9H13N2O2P. The molecule has 5 heteroatoms. The van der Waals surface area contributed by atoms with Crippen LogP contribution in [0, 0.1) is 0 Å². The SMILES string of the molecule is OPc1ccc(N2CCOCC2)nc1. The molecule has 14 heavy (non-hydrogen) atoms. The number of hydrogen-bond donors (Lipinski definition) is 1. The van der Waals surface area contributed by atoms with E-state index in [2.05, 4.69) is 9.88 Å². The summed E-state index contributed by atoms with van der Waals surface area (Å²) in [6.07, 6.45) is 1.73. The molecule has 1 aliphatic rings. The van der Waals surface area contributed by atoms with Gasteiger partial charge in [0.25, 0.3) is 0 Å². The lowest BCUT2D eigenvalue weighted by Crippen LogP contribution is -2.36. The number of ether oxygens (including phenoxy) is 1. The Morgan fingerprint density at radius 2 is 2.14 bits per heavy atom. The summed E-state index contributed by atoms with van der Waals surface area (Å²) >= 11 is 0. The standard InChI is InChI=1S/C9H13N2O2P/c12-14-8-1-2-9(10-7-8)11-3-5-13-6-4-11/h1-2,7,12,14H,3-6H2. The van der Waals surface area contributed by atoms with Crippen LogP contribution in [0.5, 0.6) is 0 Å². The minimum Gasteiger partial charge on any atom is -0.378 e. The Bertz CT molecular complexity index is 285. The summed E-state index contributed by atoms with van der Waals surface area (Å²) in [5.41, 5.74) is 0.